The molecule has 4 fully saturated rings. The van der Waals surface area contributed by atoms with Crippen molar-refractivity contribution >= 4 is 11.8 Å². The van der Waals surface area contributed by atoms with Crippen molar-refractivity contribution in [3.05, 3.63) is 5.57 Å². The molecule has 4 rings (SSSR count). The summed E-state index contributed by atoms with van der Waals surface area (Å²) < 4.78 is 0. The zero-order valence-corrected chi connectivity index (χ0v) is 13.8. The summed E-state index contributed by atoms with van der Waals surface area (Å²) in [5.41, 5.74) is 0.971. The topological polar surface area (TPSA) is 46.2 Å². The number of hydrogen-bond acceptors (Lipinski definition) is 2. The van der Waals surface area contributed by atoms with Gasteiger partial charge < -0.3 is 5.32 Å². The highest BCUT2D eigenvalue weighted by molar-refractivity contribution is 6.01. The van der Waals surface area contributed by atoms with Crippen molar-refractivity contribution in [2.75, 3.05) is 0 Å². The number of fused-ring (bicyclic) bond motifs is 5. The first-order valence-corrected chi connectivity index (χ1v) is 9.03. The minimum absolute atomic E-state index is 0.0630. The van der Waals surface area contributed by atoms with Crippen LogP contribution < -0.4 is 5.32 Å². The number of carbonyl (C=O) groups excluding carboxylic acids is 2. The molecule has 1 heterocycles. The number of carbonyl (C=O) groups is 1. The average Bonchev–Trinajstić information content (AvgIpc) is 2.89. The molecule has 6 atom stereocenters. The summed E-state index contributed by atoms with van der Waals surface area (Å²) in [6, 6.07) is 0.254. The third-order valence-corrected chi connectivity index (χ3v) is 7.91. The van der Waals surface area contributed by atoms with Gasteiger partial charge in [0.25, 0.3) is 5.91 Å². The van der Waals surface area contributed by atoms with E-state index in [4.69, 9.17) is 0 Å². The fourth-order valence-corrected chi connectivity index (χ4v) is 6.73. The van der Waals surface area contributed by atoms with E-state index in [-0.39, 0.29) is 17.4 Å². The van der Waals surface area contributed by atoms with Crippen LogP contribution in [-0.4, -0.2) is 17.9 Å². The number of nitrogens with one attached hydrogen (secondary N) is 1. The number of amides is 1. The van der Waals surface area contributed by atoms with Crippen molar-refractivity contribution in [3.63, 3.8) is 0 Å². The molecule has 4 aliphatic rings. The number of hydrogen-bond donors (Lipinski definition) is 1. The van der Waals surface area contributed by atoms with E-state index >= 15 is 0 Å². The van der Waals surface area contributed by atoms with Gasteiger partial charge >= 0.3 is 0 Å². The van der Waals surface area contributed by atoms with Crippen LogP contribution in [-0.2, 0) is 9.59 Å². The quantitative estimate of drug-likeness (QED) is 0.551. The maximum absolute atomic E-state index is 12.0. The van der Waals surface area contributed by atoms with Crippen molar-refractivity contribution in [3.8, 4) is 0 Å². The fourth-order valence-electron chi connectivity index (χ4n) is 6.73. The predicted octanol–water partition coefficient (Wildman–Crippen LogP) is 3.27. The Labute approximate surface area is 132 Å². The smallest absolute Gasteiger partial charge is 0.258 e. The molecule has 0 aromatic rings. The molecule has 3 nitrogen and oxygen atoms in total. The van der Waals surface area contributed by atoms with E-state index in [1.807, 2.05) is 5.94 Å². The van der Waals surface area contributed by atoms with Crippen LogP contribution in [0.2, 0.25) is 0 Å². The first-order chi connectivity index (χ1) is 10.5. The largest absolute Gasteiger partial charge is 0.348 e. The molecule has 1 aliphatic heterocycles. The summed E-state index contributed by atoms with van der Waals surface area (Å²) >= 11 is 0. The lowest BCUT2D eigenvalue weighted by Crippen LogP contribution is -2.61. The first-order valence-electron chi connectivity index (χ1n) is 9.03. The van der Waals surface area contributed by atoms with Crippen molar-refractivity contribution in [1.82, 2.24) is 5.32 Å². The van der Waals surface area contributed by atoms with Crippen LogP contribution in [0.25, 0.3) is 0 Å². The van der Waals surface area contributed by atoms with E-state index in [1.54, 1.807) is 0 Å². The van der Waals surface area contributed by atoms with Crippen LogP contribution in [0.15, 0.2) is 5.57 Å². The molecule has 0 spiro atoms. The van der Waals surface area contributed by atoms with Crippen molar-refractivity contribution in [2.24, 2.45) is 28.6 Å². The highest BCUT2D eigenvalue weighted by Crippen LogP contribution is 2.64. The van der Waals surface area contributed by atoms with Gasteiger partial charge in [-0.3, -0.25) is 4.79 Å². The van der Waals surface area contributed by atoms with Gasteiger partial charge in [-0.25, -0.2) is 4.79 Å². The summed E-state index contributed by atoms with van der Waals surface area (Å²) in [5.74, 6) is 4.07. The Kier molecular flexibility index (Phi) is 3.10. The molecule has 0 aromatic heterocycles. The van der Waals surface area contributed by atoms with Crippen LogP contribution in [0, 0.1) is 28.6 Å². The van der Waals surface area contributed by atoms with E-state index in [0.717, 1.165) is 18.3 Å². The van der Waals surface area contributed by atoms with Gasteiger partial charge in [0.1, 0.15) is 11.5 Å². The Morgan fingerprint density at radius 1 is 1.09 bits per heavy atom. The molecular weight excluding hydrogens is 274 g/mol. The van der Waals surface area contributed by atoms with Crippen LogP contribution >= 0.6 is 0 Å². The molecule has 3 aliphatic carbocycles. The molecule has 1 saturated heterocycles. The highest BCUT2D eigenvalue weighted by atomic mass is 16.2. The standard InChI is InChI=1S/C19H27NO2/c1-18-8-3-4-14(18)13-5-6-16-19(2,15(13)7-9-18)10-12(11-21)17(22)20-16/h13-16H,3-10H2,1-2H3,(H,20,22)/t13-,14-,15-,16+,18-,19+/m0/s1. The molecule has 0 aromatic carbocycles. The Bertz CT molecular complexity index is 564. The molecule has 1 amide bonds. The average molecular weight is 301 g/mol. The van der Waals surface area contributed by atoms with Gasteiger partial charge in [0.05, 0.1) is 0 Å². The Balaban J connectivity index is 1.68. The summed E-state index contributed by atoms with van der Waals surface area (Å²) in [4.78, 5) is 23.2. The number of piperidine rings is 1. The van der Waals surface area contributed by atoms with Gasteiger partial charge in [-0.15, -0.1) is 0 Å². The minimum atomic E-state index is -0.169. The van der Waals surface area contributed by atoms with Crippen molar-refractivity contribution in [1.29, 1.82) is 0 Å². The molecule has 3 heteroatoms. The van der Waals surface area contributed by atoms with Gasteiger partial charge in [0.2, 0.25) is 0 Å². The van der Waals surface area contributed by atoms with Gasteiger partial charge in [-0.1, -0.05) is 20.3 Å². The van der Waals surface area contributed by atoms with Crippen LogP contribution in [0.1, 0.15) is 65.2 Å². The SMILES string of the molecule is C[C@@]12CCC[C@H]1[C@@H]1CC[C@H]3NC(=O)C(=C=O)C[C@]3(C)[C@H]1CC2. The molecule has 120 valence electrons. The summed E-state index contributed by atoms with van der Waals surface area (Å²) in [7, 11) is 0. The van der Waals surface area contributed by atoms with E-state index in [1.165, 1.54) is 38.5 Å². The normalized spacial score (nSPS) is 50.5. The summed E-state index contributed by atoms with van der Waals surface area (Å²) in [6.45, 7) is 4.83. The van der Waals surface area contributed by atoms with Crippen molar-refractivity contribution in [2.45, 2.75) is 71.3 Å². The Morgan fingerprint density at radius 3 is 2.68 bits per heavy atom. The summed E-state index contributed by atoms with van der Waals surface area (Å²) in [6.07, 6.45) is 9.76. The maximum atomic E-state index is 12.0. The molecule has 0 bridgehead atoms. The molecule has 0 unspecified atom stereocenters. The van der Waals surface area contributed by atoms with Gasteiger partial charge in [-0.05, 0) is 73.5 Å². The fraction of sp³-hybridized carbons (Fsp3) is 0.842. The minimum Gasteiger partial charge on any atom is -0.348 e. The van der Waals surface area contributed by atoms with E-state index in [2.05, 4.69) is 19.2 Å². The van der Waals surface area contributed by atoms with Crippen LogP contribution in [0.4, 0.5) is 0 Å². The lowest BCUT2D eigenvalue weighted by molar-refractivity contribution is -0.128. The first kappa shape index (κ1) is 14.5. The lowest BCUT2D eigenvalue weighted by Gasteiger charge is -2.59. The predicted molar refractivity (Wildman–Crippen MR) is 84.8 cm³/mol. The monoisotopic (exact) mass is 301 g/mol. The molecule has 0 radical (unpaired) electrons. The second-order valence-corrected chi connectivity index (χ2v) is 8.83. The number of rotatable bonds is 0. The van der Waals surface area contributed by atoms with Gasteiger partial charge in [-0.2, -0.15) is 0 Å². The third-order valence-electron chi connectivity index (χ3n) is 7.91. The van der Waals surface area contributed by atoms with Crippen molar-refractivity contribution < 1.29 is 9.59 Å². The zero-order valence-electron chi connectivity index (χ0n) is 13.8. The van der Waals surface area contributed by atoms with Crippen LogP contribution in [0.5, 0.6) is 0 Å². The van der Waals surface area contributed by atoms with E-state index < -0.39 is 0 Å². The zero-order chi connectivity index (χ0) is 15.5. The van der Waals surface area contributed by atoms with E-state index in [9.17, 15) is 9.59 Å². The Hall–Kier alpha value is -1.08. The van der Waals surface area contributed by atoms with Gasteiger partial charge in [0, 0.05) is 6.04 Å². The summed E-state index contributed by atoms with van der Waals surface area (Å²) in [5, 5.41) is 3.12. The molecule has 1 N–H and O–H groups in total. The lowest BCUT2D eigenvalue weighted by atomic mass is 9.47. The molecule has 3 saturated carbocycles. The molecule has 22 heavy (non-hydrogen) atoms. The second kappa shape index (κ2) is 4.71. The third kappa shape index (κ3) is 1.81. The van der Waals surface area contributed by atoms with Crippen LogP contribution in [0.3, 0.4) is 0 Å². The van der Waals surface area contributed by atoms with E-state index in [0.29, 0.717) is 23.3 Å². The molecular formula is C19H27NO2. The Morgan fingerprint density at radius 2 is 1.91 bits per heavy atom. The second-order valence-electron chi connectivity index (χ2n) is 8.83. The highest BCUT2D eigenvalue weighted by Gasteiger charge is 2.58. The maximum Gasteiger partial charge on any atom is 0.258 e. The van der Waals surface area contributed by atoms with Gasteiger partial charge in [0.15, 0.2) is 0 Å².